The zero-order valence-corrected chi connectivity index (χ0v) is 11.9. The Bertz CT molecular complexity index is 578. The second-order valence-electron chi connectivity index (χ2n) is 5.78. The minimum Gasteiger partial charge on any atom is -0.353 e. The lowest BCUT2D eigenvalue weighted by atomic mass is 9.78. The van der Waals surface area contributed by atoms with Crippen molar-refractivity contribution in [3.63, 3.8) is 0 Å². The normalized spacial score (nSPS) is 27.5. The molecule has 2 aromatic rings. The molecular weight excluding hydrogens is 254 g/mol. The van der Waals surface area contributed by atoms with Crippen LogP contribution in [0.15, 0.2) is 17.8 Å². The van der Waals surface area contributed by atoms with Crippen LogP contribution in [0.4, 0.5) is 5.82 Å². The summed E-state index contributed by atoms with van der Waals surface area (Å²) in [5.41, 5.74) is 0. The fourth-order valence-electron chi connectivity index (χ4n) is 3.89. The number of aromatic nitrogens is 2. The van der Waals surface area contributed by atoms with Crippen molar-refractivity contribution >= 4 is 27.4 Å². The molecule has 4 heteroatoms. The predicted molar refractivity (Wildman–Crippen MR) is 79.7 cm³/mol. The van der Waals surface area contributed by atoms with Crippen molar-refractivity contribution in [3.05, 3.63) is 17.8 Å². The fraction of sp³-hybridized carbons (Fsp3) is 0.600. The highest BCUT2D eigenvalue weighted by Crippen LogP contribution is 2.39. The van der Waals surface area contributed by atoms with Gasteiger partial charge in [-0.3, -0.25) is 0 Å². The van der Waals surface area contributed by atoms with E-state index in [1.807, 2.05) is 0 Å². The quantitative estimate of drug-likeness (QED) is 0.790. The highest BCUT2D eigenvalue weighted by Gasteiger charge is 2.34. The molecule has 0 aromatic carbocycles. The Morgan fingerprint density at radius 1 is 1.11 bits per heavy atom. The Kier molecular flexibility index (Phi) is 2.91. The highest BCUT2D eigenvalue weighted by atomic mass is 32.1. The summed E-state index contributed by atoms with van der Waals surface area (Å²) in [6.45, 7) is 1.17. The first-order valence-electron chi connectivity index (χ1n) is 7.38. The monoisotopic (exact) mass is 273 g/mol. The van der Waals surface area contributed by atoms with Gasteiger partial charge in [0.2, 0.25) is 0 Å². The standard InChI is InChI=1S/C15H19N3S/c1-2-6-13-11(4-1)5-3-8-18(13)14-12-7-9-19-15(12)17-10-16-14/h7,9-11,13H,1-6,8H2/t11-,13+/m1/s1. The second kappa shape index (κ2) is 4.75. The zero-order chi connectivity index (χ0) is 12.7. The van der Waals surface area contributed by atoms with Crippen LogP contribution in [0.25, 0.3) is 10.2 Å². The van der Waals surface area contributed by atoms with Gasteiger partial charge >= 0.3 is 0 Å². The third kappa shape index (κ3) is 1.93. The Labute approximate surface area is 117 Å². The maximum atomic E-state index is 4.62. The van der Waals surface area contributed by atoms with Gasteiger partial charge in [-0.25, -0.2) is 9.97 Å². The summed E-state index contributed by atoms with van der Waals surface area (Å²) in [7, 11) is 0. The SMILES string of the molecule is c1nc(N2CCC[C@H]3CCCC[C@@H]32)c2ccsc2n1. The van der Waals surface area contributed by atoms with Gasteiger partial charge < -0.3 is 4.90 Å². The minimum atomic E-state index is 0.723. The lowest BCUT2D eigenvalue weighted by Gasteiger charge is -2.44. The van der Waals surface area contributed by atoms with Crippen LogP contribution in [-0.4, -0.2) is 22.6 Å². The first-order chi connectivity index (χ1) is 9.43. The molecule has 0 bridgehead atoms. The molecule has 4 rings (SSSR count). The first-order valence-corrected chi connectivity index (χ1v) is 8.26. The molecule has 0 N–H and O–H groups in total. The molecule has 2 atom stereocenters. The van der Waals surface area contributed by atoms with Crippen LogP contribution >= 0.6 is 11.3 Å². The molecule has 2 aliphatic rings. The van der Waals surface area contributed by atoms with E-state index in [2.05, 4.69) is 26.3 Å². The van der Waals surface area contributed by atoms with Crippen LogP contribution < -0.4 is 4.90 Å². The number of hydrogen-bond acceptors (Lipinski definition) is 4. The first kappa shape index (κ1) is 11.6. The molecule has 2 fully saturated rings. The van der Waals surface area contributed by atoms with E-state index in [9.17, 15) is 0 Å². The van der Waals surface area contributed by atoms with Crippen molar-refractivity contribution in [2.45, 2.75) is 44.6 Å². The summed E-state index contributed by atoms with van der Waals surface area (Å²) in [6.07, 6.45) is 10.0. The van der Waals surface area contributed by atoms with Crippen molar-refractivity contribution in [1.82, 2.24) is 9.97 Å². The largest absolute Gasteiger partial charge is 0.353 e. The molecule has 3 nitrogen and oxygen atoms in total. The molecule has 1 saturated heterocycles. The van der Waals surface area contributed by atoms with Gasteiger partial charge in [-0.1, -0.05) is 12.8 Å². The van der Waals surface area contributed by atoms with E-state index in [4.69, 9.17) is 0 Å². The van der Waals surface area contributed by atoms with E-state index in [1.165, 1.54) is 56.3 Å². The van der Waals surface area contributed by atoms with Crippen molar-refractivity contribution in [3.8, 4) is 0 Å². The molecule has 1 aliphatic heterocycles. The van der Waals surface area contributed by atoms with E-state index in [0.29, 0.717) is 0 Å². The smallest absolute Gasteiger partial charge is 0.141 e. The average molecular weight is 273 g/mol. The van der Waals surface area contributed by atoms with Gasteiger partial charge in [-0.2, -0.15) is 0 Å². The van der Waals surface area contributed by atoms with Gasteiger partial charge in [0.25, 0.3) is 0 Å². The zero-order valence-electron chi connectivity index (χ0n) is 11.1. The molecule has 0 radical (unpaired) electrons. The maximum Gasteiger partial charge on any atom is 0.141 e. The number of piperidine rings is 1. The Morgan fingerprint density at radius 2 is 2.00 bits per heavy atom. The van der Waals surface area contributed by atoms with E-state index < -0.39 is 0 Å². The molecule has 100 valence electrons. The lowest BCUT2D eigenvalue weighted by molar-refractivity contribution is 0.243. The van der Waals surface area contributed by atoms with E-state index in [1.54, 1.807) is 17.7 Å². The fourth-order valence-corrected chi connectivity index (χ4v) is 4.62. The minimum absolute atomic E-state index is 0.723. The summed E-state index contributed by atoms with van der Waals surface area (Å²) < 4.78 is 0. The van der Waals surface area contributed by atoms with E-state index in [0.717, 1.165) is 16.8 Å². The summed E-state index contributed by atoms with van der Waals surface area (Å²) in [6, 6.07) is 2.90. The Morgan fingerprint density at radius 3 is 3.00 bits per heavy atom. The van der Waals surface area contributed by atoms with Gasteiger partial charge in [-0.05, 0) is 43.0 Å². The molecule has 3 heterocycles. The highest BCUT2D eigenvalue weighted by molar-refractivity contribution is 7.16. The van der Waals surface area contributed by atoms with E-state index >= 15 is 0 Å². The van der Waals surface area contributed by atoms with Crippen LogP contribution in [-0.2, 0) is 0 Å². The van der Waals surface area contributed by atoms with Gasteiger partial charge in [-0.15, -0.1) is 11.3 Å². The molecule has 2 aromatic heterocycles. The van der Waals surface area contributed by atoms with Crippen molar-refractivity contribution in [1.29, 1.82) is 0 Å². The molecule has 1 saturated carbocycles. The van der Waals surface area contributed by atoms with E-state index in [-0.39, 0.29) is 0 Å². The molecule has 19 heavy (non-hydrogen) atoms. The Hall–Kier alpha value is -1.16. The van der Waals surface area contributed by atoms with Crippen LogP contribution in [0, 0.1) is 5.92 Å². The molecule has 0 spiro atoms. The van der Waals surface area contributed by atoms with Gasteiger partial charge in [0.1, 0.15) is 17.0 Å². The number of thiophene rings is 1. The van der Waals surface area contributed by atoms with Crippen molar-refractivity contribution in [2.75, 3.05) is 11.4 Å². The van der Waals surface area contributed by atoms with Crippen LogP contribution in [0.2, 0.25) is 0 Å². The van der Waals surface area contributed by atoms with Gasteiger partial charge in [0, 0.05) is 12.6 Å². The third-order valence-electron chi connectivity index (χ3n) is 4.76. The Balaban J connectivity index is 1.75. The average Bonchev–Trinajstić information content (AvgIpc) is 2.95. The van der Waals surface area contributed by atoms with Crippen LogP contribution in [0.1, 0.15) is 38.5 Å². The number of anilines is 1. The van der Waals surface area contributed by atoms with Crippen molar-refractivity contribution < 1.29 is 0 Å². The number of rotatable bonds is 1. The second-order valence-corrected chi connectivity index (χ2v) is 6.68. The topological polar surface area (TPSA) is 29.0 Å². The lowest BCUT2D eigenvalue weighted by Crippen LogP contribution is -2.47. The summed E-state index contributed by atoms with van der Waals surface area (Å²) in [5, 5.41) is 3.38. The molecule has 0 unspecified atom stereocenters. The summed E-state index contributed by atoms with van der Waals surface area (Å²) >= 11 is 1.72. The summed E-state index contributed by atoms with van der Waals surface area (Å²) in [4.78, 5) is 12.7. The number of hydrogen-bond donors (Lipinski definition) is 0. The molecule has 0 amide bonds. The third-order valence-corrected chi connectivity index (χ3v) is 5.58. The maximum absolute atomic E-state index is 4.62. The number of fused-ring (bicyclic) bond motifs is 2. The number of nitrogens with zero attached hydrogens (tertiary/aromatic N) is 3. The van der Waals surface area contributed by atoms with Crippen LogP contribution in [0.3, 0.4) is 0 Å². The molecular formula is C15H19N3S. The van der Waals surface area contributed by atoms with Gasteiger partial charge in [0.15, 0.2) is 0 Å². The predicted octanol–water partition coefficient (Wildman–Crippen LogP) is 3.85. The van der Waals surface area contributed by atoms with Crippen LogP contribution in [0.5, 0.6) is 0 Å². The molecule has 1 aliphatic carbocycles. The summed E-state index contributed by atoms with van der Waals surface area (Å²) in [5.74, 6) is 2.08. The van der Waals surface area contributed by atoms with Gasteiger partial charge in [0.05, 0.1) is 5.39 Å². The van der Waals surface area contributed by atoms with Crippen molar-refractivity contribution in [2.24, 2.45) is 5.92 Å².